The zero-order valence-electron chi connectivity index (χ0n) is 13.3. The summed E-state index contributed by atoms with van der Waals surface area (Å²) in [5.41, 5.74) is 2.15. The molecule has 0 aliphatic carbocycles. The van der Waals surface area contributed by atoms with E-state index < -0.39 is 5.97 Å². The molecular weight excluding hydrogens is 392 g/mol. The number of carbonyl (C=O) groups excluding carboxylic acids is 1. The van der Waals surface area contributed by atoms with Crippen LogP contribution in [0, 0.1) is 0 Å². The average Bonchev–Trinajstić information content (AvgIpc) is 2.59. The van der Waals surface area contributed by atoms with E-state index in [1.165, 1.54) is 14.2 Å². The minimum atomic E-state index is -0.441. The highest BCUT2D eigenvalue weighted by Gasteiger charge is 2.13. The Kier molecular flexibility index (Phi) is 6.57. The molecule has 126 valence electrons. The van der Waals surface area contributed by atoms with E-state index in [4.69, 9.17) is 21.7 Å². The lowest BCUT2D eigenvalue weighted by molar-refractivity contribution is 0.0597. The number of nitrogens with one attached hydrogen (secondary N) is 2. The fourth-order valence-electron chi connectivity index (χ4n) is 2.06. The largest absolute Gasteiger partial charge is 0.496 e. The average molecular weight is 409 g/mol. The first-order valence-electron chi connectivity index (χ1n) is 7.09. The van der Waals surface area contributed by atoms with Gasteiger partial charge in [-0.3, -0.25) is 0 Å². The number of methoxy groups -OCH3 is 2. The Morgan fingerprint density at radius 3 is 2.67 bits per heavy atom. The zero-order chi connectivity index (χ0) is 17.5. The summed E-state index contributed by atoms with van der Waals surface area (Å²) in [4.78, 5) is 11.8. The topological polar surface area (TPSA) is 59.6 Å². The number of benzene rings is 2. The highest BCUT2D eigenvalue weighted by Crippen LogP contribution is 2.21. The van der Waals surface area contributed by atoms with Gasteiger partial charge in [-0.2, -0.15) is 0 Å². The SMILES string of the molecule is COC(=O)c1cc(CNC(=S)Nc2cccc(Br)c2)ccc1OC. The lowest BCUT2D eigenvalue weighted by Crippen LogP contribution is -2.28. The molecule has 24 heavy (non-hydrogen) atoms. The van der Waals surface area contributed by atoms with Gasteiger partial charge in [0.15, 0.2) is 5.11 Å². The molecule has 2 N–H and O–H groups in total. The summed E-state index contributed by atoms with van der Waals surface area (Å²) in [7, 11) is 2.85. The Morgan fingerprint density at radius 2 is 2.00 bits per heavy atom. The van der Waals surface area contributed by atoms with E-state index in [-0.39, 0.29) is 0 Å². The Balaban J connectivity index is 2.01. The molecule has 2 rings (SSSR count). The molecule has 0 atom stereocenters. The van der Waals surface area contributed by atoms with Crippen LogP contribution in [0.1, 0.15) is 15.9 Å². The van der Waals surface area contributed by atoms with E-state index in [1.807, 2.05) is 30.3 Å². The third-order valence-electron chi connectivity index (χ3n) is 3.20. The molecule has 0 spiro atoms. The minimum Gasteiger partial charge on any atom is -0.496 e. The lowest BCUT2D eigenvalue weighted by Gasteiger charge is -2.12. The molecular formula is C17H17BrN2O3S. The van der Waals surface area contributed by atoms with Crippen LogP contribution in [0.4, 0.5) is 5.69 Å². The van der Waals surface area contributed by atoms with Crippen LogP contribution in [0.2, 0.25) is 0 Å². The molecule has 0 fully saturated rings. The summed E-state index contributed by atoms with van der Waals surface area (Å²) >= 11 is 8.69. The zero-order valence-corrected chi connectivity index (χ0v) is 15.7. The maximum Gasteiger partial charge on any atom is 0.341 e. The van der Waals surface area contributed by atoms with Crippen molar-refractivity contribution in [3.63, 3.8) is 0 Å². The molecule has 0 radical (unpaired) electrons. The number of ether oxygens (including phenoxy) is 2. The molecule has 0 aliphatic heterocycles. The van der Waals surface area contributed by atoms with Crippen molar-refractivity contribution in [1.29, 1.82) is 0 Å². The first-order chi connectivity index (χ1) is 11.5. The van der Waals surface area contributed by atoms with E-state index in [0.717, 1.165) is 15.7 Å². The first-order valence-corrected chi connectivity index (χ1v) is 8.29. The van der Waals surface area contributed by atoms with Crippen molar-refractivity contribution in [2.24, 2.45) is 0 Å². The van der Waals surface area contributed by atoms with Gasteiger partial charge in [0.05, 0.1) is 14.2 Å². The second kappa shape index (κ2) is 8.65. The van der Waals surface area contributed by atoms with E-state index >= 15 is 0 Å². The van der Waals surface area contributed by atoms with Crippen molar-refractivity contribution in [1.82, 2.24) is 5.32 Å². The molecule has 7 heteroatoms. The van der Waals surface area contributed by atoms with Crippen molar-refractivity contribution in [2.75, 3.05) is 19.5 Å². The Bertz CT molecular complexity index is 752. The van der Waals surface area contributed by atoms with Crippen LogP contribution in [0.15, 0.2) is 46.9 Å². The van der Waals surface area contributed by atoms with Gasteiger partial charge in [0, 0.05) is 16.7 Å². The fourth-order valence-corrected chi connectivity index (χ4v) is 2.65. The number of thiocarbonyl (C=S) groups is 1. The predicted octanol–water partition coefficient (Wildman–Crippen LogP) is 3.73. The molecule has 5 nitrogen and oxygen atoms in total. The van der Waals surface area contributed by atoms with Gasteiger partial charge in [0.1, 0.15) is 11.3 Å². The second-order valence-electron chi connectivity index (χ2n) is 4.84. The van der Waals surface area contributed by atoms with Crippen molar-refractivity contribution in [3.8, 4) is 5.75 Å². The predicted molar refractivity (Wildman–Crippen MR) is 102 cm³/mol. The van der Waals surface area contributed by atoms with Crippen LogP contribution >= 0.6 is 28.1 Å². The molecule has 0 saturated carbocycles. The summed E-state index contributed by atoms with van der Waals surface area (Å²) in [6, 6.07) is 13.0. The second-order valence-corrected chi connectivity index (χ2v) is 6.17. The van der Waals surface area contributed by atoms with Gasteiger partial charge in [0.25, 0.3) is 0 Å². The van der Waals surface area contributed by atoms with Gasteiger partial charge in [-0.15, -0.1) is 0 Å². The molecule has 0 heterocycles. The summed E-state index contributed by atoms with van der Waals surface area (Å²) in [5.74, 6) is 0.0315. The normalized spacial score (nSPS) is 9.96. The van der Waals surface area contributed by atoms with Gasteiger partial charge < -0.3 is 20.1 Å². The maximum absolute atomic E-state index is 11.8. The van der Waals surface area contributed by atoms with Crippen LogP contribution in [0.25, 0.3) is 0 Å². The first kappa shape index (κ1) is 18.2. The number of carbonyl (C=O) groups is 1. The van der Waals surface area contributed by atoms with Crippen molar-refractivity contribution in [2.45, 2.75) is 6.54 Å². The summed E-state index contributed by atoms with van der Waals surface area (Å²) in [6.45, 7) is 0.466. The molecule has 2 aromatic rings. The van der Waals surface area contributed by atoms with Gasteiger partial charge >= 0.3 is 5.97 Å². The maximum atomic E-state index is 11.8. The van der Waals surface area contributed by atoms with Gasteiger partial charge in [0.2, 0.25) is 0 Å². The number of hydrogen-bond donors (Lipinski definition) is 2. The fraction of sp³-hybridized carbons (Fsp3) is 0.176. The molecule has 0 unspecified atom stereocenters. The molecule has 2 aromatic carbocycles. The van der Waals surface area contributed by atoms with Crippen molar-refractivity contribution >= 4 is 44.9 Å². The van der Waals surface area contributed by atoms with Crippen molar-refractivity contribution in [3.05, 3.63) is 58.1 Å². The van der Waals surface area contributed by atoms with Crippen LogP contribution in [0.3, 0.4) is 0 Å². The van der Waals surface area contributed by atoms with E-state index in [9.17, 15) is 4.79 Å². The smallest absolute Gasteiger partial charge is 0.341 e. The Labute approximate surface area is 154 Å². The van der Waals surface area contributed by atoms with Crippen molar-refractivity contribution < 1.29 is 14.3 Å². The van der Waals surface area contributed by atoms with Gasteiger partial charge in [-0.1, -0.05) is 28.1 Å². The molecule has 0 saturated heterocycles. The lowest BCUT2D eigenvalue weighted by atomic mass is 10.1. The van der Waals surface area contributed by atoms with Crippen LogP contribution in [0.5, 0.6) is 5.75 Å². The summed E-state index contributed by atoms with van der Waals surface area (Å²) in [5, 5.41) is 6.69. The minimum absolute atomic E-state index is 0.380. The van der Waals surface area contributed by atoms with Crippen LogP contribution < -0.4 is 15.4 Å². The van der Waals surface area contributed by atoms with E-state index in [2.05, 4.69) is 26.6 Å². The molecule has 0 aliphatic rings. The van der Waals surface area contributed by atoms with E-state index in [1.54, 1.807) is 12.1 Å². The van der Waals surface area contributed by atoms with Gasteiger partial charge in [-0.25, -0.2) is 4.79 Å². The molecule has 0 bridgehead atoms. The number of esters is 1. The molecule has 0 aromatic heterocycles. The standard InChI is InChI=1S/C17H17BrN2O3S/c1-22-15-7-6-11(8-14(15)16(21)23-2)10-19-17(24)20-13-5-3-4-12(18)9-13/h3-9H,10H2,1-2H3,(H2,19,20,24). The Hall–Kier alpha value is -2.12. The number of hydrogen-bond acceptors (Lipinski definition) is 4. The monoisotopic (exact) mass is 408 g/mol. The number of anilines is 1. The number of halogens is 1. The highest BCUT2D eigenvalue weighted by molar-refractivity contribution is 9.10. The number of rotatable bonds is 5. The Morgan fingerprint density at radius 1 is 1.21 bits per heavy atom. The third kappa shape index (κ3) is 4.94. The third-order valence-corrected chi connectivity index (χ3v) is 3.94. The summed E-state index contributed by atoms with van der Waals surface area (Å²) < 4.78 is 10.9. The quantitative estimate of drug-likeness (QED) is 0.580. The molecule has 0 amide bonds. The van der Waals surface area contributed by atoms with E-state index in [0.29, 0.717) is 23.0 Å². The van der Waals surface area contributed by atoms with Crippen LogP contribution in [-0.2, 0) is 11.3 Å². The summed E-state index contributed by atoms with van der Waals surface area (Å²) in [6.07, 6.45) is 0. The highest BCUT2D eigenvalue weighted by atomic mass is 79.9. The van der Waals surface area contributed by atoms with Gasteiger partial charge in [-0.05, 0) is 48.1 Å². The van der Waals surface area contributed by atoms with Crippen LogP contribution in [-0.4, -0.2) is 25.3 Å².